The maximum absolute atomic E-state index is 13.1. The van der Waals surface area contributed by atoms with E-state index in [0.717, 1.165) is 22.8 Å². The molecule has 1 aliphatic rings. The molecule has 1 aromatic heterocycles. The molecular weight excluding hydrogens is 546 g/mol. The molecule has 0 saturated heterocycles. The topological polar surface area (TPSA) is 199 Å². The summed E-state index contributed by atoms with van der Waals surface area (Å²) in [7, 11) is -8.40. The van der Waals surface area contributed by atoms with E-state index in [9.17, 15) is 41.4 Å². The minimum Gasteiger partial charge on any atom is -0.493 e. The molecule has 0 saturated carbocycles. The number of fused-ring (bicyclic) bond motifs is 1. The summed E-state index contributed by atoms with van der Waals surface area (Å²) in [5.74, 6) is -3.86. The Morgan fingerprint density at radius 1 is 1.05 bits per heavy atom. The summed E-state index contributed by atoms with van der Waals surface area (Å²) in [5, 5.41) is 18.6. The number of nitrogens with zero attached hydrogens (tertiary/aromatic N) is 2. The number of aromatic carboxylic acids is 1. The van der Waals surface area contributed by atoms with Crippen molar-refractivity contribution in [2.24, 2.45) is 0 Å². The summed E-state index contributed by atoms with van der Waals surface area (Å²) in [6, 6.07) is 11.4. The minimum absolute atomic E-state index is 0.0522. The number of ether oxygens (including phenoxy) is 2. The highest BCUT2D eigenvalue weighted by Gasteiger charge is 2.37. The van der Waals surface area contributed by atoms with Crippen LogP contribution in [0.1, 0.15) is 10.5 Å². The van der Waals surface area contributed by atoms with E-state index in [0.29, 0.717) is 4.31 Å². The van der Waals surface area contributed by atoms with Crippen molar-refractivity contribution in [3.63, 3.8) is 0 Å². The van der Waals surface area contributed by atoms with Gasteiger partial charge >= 0.3 is 28.1 Å². The zero-order valence-corrected chi connectivity index (χ0v) is 21.0. The van der Waals surface area contributed by atoms with Crippen molar-refractivity contribution < 1.29 is 50.9 Å². The Kier molecular flexibility index (Phi) is 6.88. The zero-order valence-electron chi connectivity index (χ0n) is 19.4. The first-order chi connectivity index (χ1) is 17.8. The predicted octanol–water partition coefficient (Wildman–Crippen LogP) is 0.895. The molecule has 3 aromatic rings. The third-order valence-electron chi connectivity index (χ3n) is 5.37. The first-order valence-electron chi connectivity index (χ1n) is 10.5. The maximum Gasteiger partial charge on any atom is 0.352 e. The molecule has 0 unspecified atom stereocenters. The predicted molar refractivity (Wildman–Crippen MR) is 130 cm³/mol. The number of hydrogen-bond acceptors (Lipinski definition) is 9. The number of carbonyl (C=O) groups is 3. The van der Waals surface area contributed by atoms with Crippen molar-refractivity contribution in [3.8, 4) is 22.8 Å². The Bertz CT molecular complexity index is 1680. The van der Waals surface area contributed by atoms with Gasteiger partial charge in [0.1, 0.15) is 24.5 Å². The number of carboxylic acids is 2. The van der Waals surface area contributed by atoms with Gasteiger partial charge in [0, 0.05) is 5.69 Å². The zero-order chi connectivity index (χ0) is 27.8. The lowest BCUT2D eigenvalue weighted by Crippen LogP contribution is -2.48. The number of nitrogens with one attached hydrogen (secondary N) is 1. The van der Waals surface area contributed by atoms with Gasteiger partial charge < -0.3 is 24.3 Å². The molecule has 200 valence electrons. The van der Waals surface area contributed by atoms with E-state index in [2.05, 4.69) is 0 Å². The van der Waals surface area contributed by atoms with Crippen LogP contribution >= 0.6 is 0 Å². The Hall–Kier alpha value is -4.41. The van der Waals surface area contributed by atoms with Crippen molar-refractivity contribution in [2.75, 3.05) is 18.0 Å². The van der Waals surface area contributed by atoms with Gasteiger partial charge in [0.05, 0.1) is 12.0 Å². The fourth-order valence-corrected chi connectivity index (χ4v) is 6.87. The Morgan fingerprint density at radius 3 is 2.42 bits per heavy atom. The van der Waals surface area contributed by atoms with Crippen LogP contribution in [0.4, 0.5) is 5.69 Å². The van der Waals surface area contributed by atoms with Gasteiger partial charge in [-0.3, -0.25) is 4.79 Å². The van der Waals surface area contributed by atoms with E-state index in [1.807, 2.05) is 0 Å². The van der Waals surface area contributed by atoms with Crippen LogP contribution in [0.15, 0.2) is 59.5 Å². The highest BCUT2D eigenvalue weighted by atomic mass is 32.3. The summed E-state index contributed by atoms with van der Waals surface area (Å²) in [5.41, 5.74) is -0.296. The van der Waals surface area contributed by atoms with E-state index >= 15 is 0 Å². The molecule has 0 atom stereocenters. The molecule has 0 spiro atoms. The van der Waals surface area contributed by atoms with Gasteiger partial charge in [-0.2, -0.15) is 8.42 Å². The normalized spacial score (nSPS) is 13.5. The molecule has 0 radical (unpaired) electrons. The largest absolute Gasteiger partial charge is 0.493 e. The van der Waals surface area contributed by atoms with Crippen LogP contribution in [-0.2, 0) is 36.4 Å². The average molecular weight is 566 g/mol. The Labute approximate surface area is 215 Å². The fraction of sp³-hybridized carbons (Fsp3) is 0.136. The van der Waals surface area contributed by atoms with Crippen molar-refractivity contribution >= 4 is 43.8 Å². The number of hydrogen-bond donors (Lipinski definition) is 3. The number of carboxylic acid groups (broad SMARTS) is 2. The van der Waals surface area contributed by atoms with E-state index in [1.165, 1.54) is 43.5 Å². The SMILES string of the molecule is COc1cccc2c1OC(=O)CN2S(=O)(=O)NS(=O)(=O)c1cccc(-c2ccc(C(=O)O)n2CC(=O)O)c1. The van der Waals surface area contributed by atoms with Crippen molar-refractivity contribution in [1.82, 2.24) is 8.69 Å². The summed E-state index contributed by atoms with van der Waals surface area (Å²) in [6.45, 7) is -1.53. The average Bonchev–Trinajstić information content (AvgIpc) is 3.25. The number of para-hydroxylation sites is 1. The van der Waals surface area contributed by atoms with Gasteiger partial charge in [0.2, 0.25) is 0 Å². The maximum atomic E-state index is 13.1. The van der Waals surface area contributed by atoms with E-state index in [-0.39, 0.29) is 34.1 Å². The summed E-state index contributed by atoms with van der Waals surface area (Å²) in [6.07, 6.45) is 0. The number of esters is 1. The lowest BCUT2D eigenvalue weighted by Gasteiger charge is -2.29. The van der Waals surface area contributed by atoms with Gasteiger partial charge in [0.25, 0.3) is 10.0 Å². The standard InChI is InChI=1S/C22H19N3O11S2/c1-35-18-7-3-6-16-21(18)36-20(28)12-25(16)38(33,34)23-37(31,32)14-5-2-4-13(10-14)15-8-9-17(22(29)30)24(15)11-19(26)27/h2-10,23H,11-12H2,1H3,(H,26,27)(H,29,30). The highest BCUT2D eigenvalue weighted by molar-refractivity contribution is 8.05. The first kappa shape index (κ1) is 26.6. The highest BCUT2D eigenvalue weighted by Crippen LogP contribution is 2.41. The lowest BCUT2D eigenvalue weighted by molar-refractivity contribution is -0.137. The molecule has 4 rings (SSSR count). The van der Waals surface area contributed by atoms with Crippen LogP contribution in [0.5, 0.6) is 11.5 Å². The second-order valence-corrected chi connectivity index (χ2v) is 11.3. The van der Waals surface area contributed by atoms with E-state index in [4.69, 9.17) is 9.47 Å². The fourth-order valence-electron chi connectivity index (χ4n) is 3.79. The molecular formula is C22H19N3O11S2. The molecule has 2 aromatic carbocycles. The Morgan fingerprint density at radius 2 is 1.76 bits per heavy atom. The lowest BCUT2D eigenvalue weighted by atomic mass is 10.1. The van der Waals surface area contributed by atoms with Crippen LogP contribution in [0, 0.1) is 0 Å². The molecule has 0 amide bonds. The van der Waals surface area contributed by atoms with Crippen molar-refractivity contribution in [1.29, 1.82) is 0 Å². The molecule has 0 fully saturated rings. The van der Waals surface area contributed by atoms with Gasteiger partial charge in [-0.25, -0.2) is 22.3 Å². The Balaban J connectivity index is 1.71. The third-order valence-corrected chi connectivity index (χ3v) is 8.87. The van der Waals surface area contributed by atoms with Gasteiger partial charge in [-0.05, 0) is 42.0 Å². The quantitative estimate of drug-likeness (QED) is 0.246. The summed E-state index contributed by atoms with van der Waals surface area (Å²) < 4.78 is 65.8. The molecule has 3 N–H and O–H groups in total. The molecule has 1 aliphatic heterocycles. The number of methoxy groups -OCH3 is 1. The second-order valence-electron chi connectivity index (χ2n) is 7.80. The number of carbonyl (C=O) groups excluding carboxylic acids is 1. The molecule has 38 heavy (non-hydrogen) atoms. The van der Waals surface area contributed by atoms with E-state index in [1.54, 1.807) is 4.13 Å². The number of aromatic nitrogens is 1. The van der Waals surface area contributed by atoms with Crippen molar-refractivity contribution in [3.05, 3.63) is 60.3 Å². The van der Waals surface area contributed by atoms with Crippen molar-refractivity contribution in [2.45, 2.75) is 11.4 Å². The number of rotatable bonds is 9. The van der Waals surface area contributed by atoms with Gasteiger partial charge in [0.15, 0.2) is 11.5 Å². The molecule has 2 heterocycles. The number of sulfonamides is 1. The second kappa shape index (κ2) is 9.81. The van der Waals surface area contributed by atoms with Crippen LogP contribution < -0.4 is 17.9 Å². The molecule has 0 bridgehead atoms. The molecule has 16 heteroatoms. The van der Waals surface area contributed by atoms with Crippen LogP contribution in [0.2, 0.25) is 0 Å². The van der Waals surface area contributed by atoms with Gasteiger partial charge in [-0.1, -0.05) is 22.3 Å². The molecule has 14 nitrogen and oxygen atoms in total. The molecule has 0 aliphatic carbocycles. The third kappa shape index (κ3) is 5.04. The van der Waals surface area contributed by atoms with Crippen LogP contribution in [0.3, 0.4) is 0 Å². The smallest absolute Gasteiger partial charge is 0.352 e. The minimum atomic E-state index is -4.89. The number of aliphatic carboxylic acids is 1. The van der Waals surface area contributed by atoms with E-state index < -0.39 is 56.1 Å². The van der Waals surface area contributed by atoms with Crippen LogP contribution in [0.25, 0.3) is 11.3 Å². The monoisotopic (exact) mass is 565 g/mol. The first-order valence-corrected chi connectivity index (χ1v) is 13.5. The van der Waals surface area contributed by atoms with Crippen LogP contribution in [-0.4, -0.2) is 63.2 Å². The number of anilines is 1. The summed E-state index contributed by atoms with van der Waals surface area (Å²) in [4.78, 5) is 34.4. The number of benzene rings is 2. The summed E-state index contributed by atoms with van der Waals surface area (Å²) >= 11 is 0. The van der Waals surface area contributed by atoms with Gasteiger partial charge in [-0.15, -0.1) is 0 Å².